The highest BCUT2D eigenvalue weighted by atomic mass is 35.5. The van der Waals surface area contributed by atoms with E-state index in [1.807, 2.05) is 48.5 Å². The number of hydrogen-bond acceptors (Lipinski definition) is 6. The van der Waals surface area contributed by atoms with Crippen molar-refractivity contribution in [2.75, 3.05) is 7.11 Å². The summed E-state index contributed by atoms with van der Waals surface area (Å²) in [5, 5.41) is 15.7. The van der Waals surface area contributed by atoms with Crippen LogP contribution in [0.5, 0.6) is 5.75 Å². The SMILES string of the molecule is COc1cccc2cc(-c3nn(-c4ccccc4)cc3/C=C(/C#N)S(=O)(=O)c3ccc(Cl)cc3)oc12. The van der Waals surface area contributed by atoms with Crippen LogP contribution in [0.15, 0.2) is 99.3 Å². The summed E-state index contributed by atoms with van der Waals surface area (Å²) in [7, 11) is -2.55. The van der Waals surface area contributed by atoms with Gasteiger partial charge in [-0.2, -0.15) is 10.4 Å². The van der Waals surface area contributed by atoms with Crippen molar-refractivity contribution in [1.82, 2.24) is 9.78 Å². The van der Waals surface area contributed by atoms with Crippen LogP contribution in [0.4, 0.5) is 0 Å². The van der Waals surface area contributed by atoms with Gasteiger partial charge in [0.2, 0.25) is 9.84 Å². The lowest BCUT2D eigenvalue weighted by Crippen LogP contribution is -2.03. The van der Waals surface area contributed by atoms with Crippen LogP contribution in [0.3, 0.4) is 0 Å². The second-order valence-electron chi connectivity index (χ2n) is 7.78. The number of fused-ring (bicyclic) bond motifs is 1. The van der Waals surface area contributed by atoms with E-state index in [9.17, 15) is 13.7 Å². The second kappa shape index (κ2) is 9.38. The first kappa shape index (κ1) is 23.4. The van der Waals surface area contributed by atoms with E-state index in [0.717, 1.165) is 11.1 Å². The van der Waals surface area contributed by atoms with Gasteiger partial charge >= 0.3 is 0 Å². The standard InChI is InChI=1S/C27H18ClN3O4S/c1-34-24-9-5-6-18-15-25(35-27(18)24)26-19(17-31(30-26)21-7-3-2-4-8-21)14-23(16-29)36(32,33)22-12-10-20(28)11-13-22/h2-15,17H,1H3/b23-14-. The Morgan fingerprint density at radius 1 is 1.08 bits per heavy atom. The lowest BCUT2D eigenvalue weighted by atomic mass is 10.2. The molecular weight excluding hydrogens is 498 g/mol. The highest BCUT2D eigenvalue weighted by molar-refractivity contribution is 7.95. The molecule has 0 atom stereocenters. The van der Waals surface area contributed by atoms with E-state index >= 15 is 0 Å². The van der Waals surface area contributed by atoms with E-state index in [1.165, 1.54) is 30.3 Å². The average molecular weight is 516 g/mol. The molecule has 5 rings (SSSR count). The first-order valence-electron chi connectivity index (χ1n) is 10.7. The van der Waals surface area contributed by atoms with E-state index < -0.39 is 14.7 Å². The van der Waals surface area contributed by atoms with Gasteiger partial charge in [-0.3, -0.25) is 0 Å². The Morgan fingerprint density at radius 3 is 2.53 bits per heavy atom. The van der Waals surface area contributed by atoms with Gasteiger partial charge in [-0.15, -0.1) is 0 Å². The van der Waals surface area contributed by atoms with Crippen LogP contribution in [0.1, 0.15) is 5.56 Å². The molecule has 0 radical (unpaired) electrons. The molecule has 0 saturated carbocycles. The smallest absolute Gasteiger partial charge is 0.216 e. The number of nitriles is 1. The number of benzene rings is 3. The van der Waals surface area contributed by atoms with Crippen LogP contribution in [0.2, 0.25) is 5.02 Å². The first-order chi connectivity index (χ1) is 17.4. The van der Waals surface area contributed by atoms with Gasteiger partial charge in [0.1, 0.15) is 16.7 Å². The molecule has 0 spiro atoms. The molecule has 2 heterocycles. The topological polar surface area (TPSA) is 98.1 Å². The zero-order chi connectivity index (χ0) is 25.3. The molecule has 2 aromatic heterocycles. The predicted molar refractivity (Wildman–Crippen MR) is 138 cm³/mol. The quantitative estimate of drug-likeness (QED) is 0.247. The molecule has 0 aliphatic heterocycles. The molecule has 36 heavy (non-hydrogen) atoms. The van der Waals surface area contributed by atoms with Crippen molar-refractivity contribution < 1.29 is 17.6 Å². The van der Waals surface area contributed by atoms with Crippen LogP contribution in [-0.4, -0.2) is 25.3 Å². The minimum Gasteiger partial charge on any atom is -0.493 e. The molecule has 5 aromatic rings. The van der Waals surface area contributed by atoms with Gasteiger partial charge in [-0.05, 0) is 54.6 Å². The normalized spacial score (nSPS) is 12.0. The Labute approximate surface area is 212 Å². The van der Waals surface area contributed by atoms with Gasteiger partial charge in [0.25, 0.3) is 0 Å². The molecule has 0 aliphatic carbocycles. The Kier molecular flexibility index (Phi) is 6.10. The number of rotatable bonds is 6. The van der Waals surface area contributed by atoms with Gasteiger partial charge in [0.05, 0.1) is 17.7 Å². The molecule has 0 amide bonds. The minimum atomic E-state index is -4.10. The number of allylic oxidation sites excluding steroid dienone is 1. The van der Waals surface area contributed by atoms with Gasteiger partial charge in [0, 0.05) is 22.2 Å². The molecular formula is C27H18ClN3O4S. The molecule has 0 N–H and O–H groups in total. The molecule has 0 saturated heterocycles. The van der Waals surface area contributed by atoms with Crippen LogP contribution < -0.4 is 4.74 Å². The Bertz CT molecular complexity index is 1750. The summed E-state index contributed by atoms with van der Waals surface area (Å²) >= 11 is 5.90. The molecule has 0 unspecified atom stereocenters. The third-order valence-corrected chi connectivity index (χ3v) is 7.47. The minimum absolute atomic E-state index is 0.0369. The lowest BCUT2D eigenvalue weighted by molar-refractivity contribution is 0.411. The monoisotopic (exact) mass is 515 g/mol. The lowest BCUT2D eigenvalue weighted by Gasteiger charge is -2.03. The molecule has 9 heteroatoms. The Hall–Kier alpha value is -4.32. The molecule has 178 valence electrons. The van der Waals surface area contributed by atoms with Crippen molar-refractivity contribution >= 4 is 38.5 Å². The van der Waals surface area contributed by atoms with E-state index in [2.05, 4.69) is 5.10 Å². The number of furan rings is 1. The first-order valence-corrected chi connectivity index (χ1v) is 12.6. The van der Waals surface area contributed by atoms with E-state index in [4.69, 9.17) is 20.8 Å². The fourth-order valence-electron chi connectivity index (χ4n) is 3.76. The number of nitrogens with zero attached hydrogens (tertiary/aromatic N) is 3. The van der Waals surface area contributed by atoms with Crippen molar-refractivity contribution in [3.8, 4) is 29.0 Å². The summed E-state index contributed by atoms with van der Waals surface area (Å²) < 4.78 is 39.6. The molecule has 0 aliphatic rings. The number of para-hydroxylation sites is 2. The summed E-state index contributed by atoms with van der Waals surface area (Å²) in [5.74, 6) is 0.956. The predicted octanol–water partition coefficient (Wildman–Crippen LogP) is 6.29. The van der Waals surface area contributed by atoms with Gasteiger partial charge in [-0.25, -0.2) is 13.1 Å². The van der Waals surface area contributed by atoms with Crippen molar-refractivity contribution in [1.29, 1.82) is 5.26 Å². The molecule has 0 fully saturated rings. The maximum atomic E-state index is 13.2. The summed E-state index contributed by atoms with van der Waals surface area (Å²) in [5.41, 5.74) is 2.06. The fraction of sp³-hybridized carbons (Fsp3) is 0.0370. The summed E-state index contributed by atoms with van der Waals surface area (Å²) in [6, 6.07) is 24.1. The zero-order valence-corrected chi connectivity index (χ0v) is 20.5. The third kappa shape index (κ3) is 4.26. The molecule has 0 bridgehead atoms. The van der Waals surface area contributed by atoms with Gasteiger partial charge < -0.3 is 9.15 Å². The van der Waals surface area contributed by atoms with Crippen LogP contribution in [0.25, 0.3) is 34.2 Å². The Morgan fingerprint density at radius 2 is 1.83 bits per heavy atom. The molecule has 7 nitrogen and oxygen atoms in total. The maximum absolute atomic E-state index is 13.2. The summed E-state index contributed by atoms with van der Waals surface area (Å²) in [6.45, 7) is 0. The van der Waals surface area contributed by atoms with Crippen molar-refractivity contribution in [3.63, 3.8) is 0 Å². The highest BCUT2D eigenvalue weighted by Crippen LogP contribution is 2.35. The summed E-state index contributed by atoms with van der Waals surface area (Å²) in [6.07, 6.45) is 2.96. The fourth-order valence-corrected chi connectivity index (χ4v) is 5.04. The highest BCUT2D eigenvalue weighted by Gasteiger charge is 2.23. The third-order valence-electron chi connectivity index (χ3n) is 5.53. The molecule has 3 aromatic carbocycles. The van der Waals surface area contributed by atoms with Crippen LogP contribution in [-0.2, 0) is 9.84 Å². The van der Waals surface area contributed by atoms with E-state index in [-0.39, 0.29) is 4.90 Å². The van der Waals surface area contributed by atoms with E-state index in [1.54, 1.807) is 30.1 Å². The second-order valence-corrected chi connectivity index (χ2v) is 10.1. The van der Waals surface area contributed by atoms with Gasteiger partial charge in [-0.1, -0.05) is 41.9 Å². The maximum Gasteiger partial charge on any atom is 0.216 e. The number of halogens is 1. The number of sulfone groups is 1. The van der Waals surface area contributed by atoms with Crippen molar-refractivity contribution in [3.05, 3.63) is 101 Å². The average Bonchev–Trinajstić information content (AvgIpc) is 3.52. The number of ether oxygens (including phenoxy) is 1. The van der Waals surface area contributed by atoms with Gasteiger partial charge in [0.15, 0.2) is 17.1 Å². The van der Waals surface area contributed by atoms with Crippen LogP contribution in [0, 0.1) is 11.3 Å². The Balaban J connectivity index is 1.70. The van der Waals surface area contributed by atoms with Crippen molar-refractivity contribution in [2.45, 2.75) is 4.90 Å². The zero-order valence-electron chi connectivity index (χ0n) is 18.9. The number of hydrogen-bond donors (Lipinski definition) is 0. The largest absolute Gasteiger partial charge is 0.493 e. The van der Waals surface area contributed by atoms with Crippen LogP contribution >= 0.6 is 11.6 Å². The van der Waals surface area contributed by atoms with E-state index in [0.29, 0.717) is 33.4 Å². The number of aromatic nitrogens is 2. The summed E-state index contributed by atoms with van der Waals surface area (Å²) in [4.78, 5) is -0.474. The van der Waals surface area contributed by atoms with Crippen molar-refractivity contribution in [2.24, 2.45) is 0 Å². The number of methoxy groups -OCH3 is 1.